The first-order valence-corrected chi connectivity index (χ1v) is 35.1. The molecule has 0 saturated heterocycles. The van der Waals surface area contributed by atoms with Crippen molar-refractivity contribution in [3.63, 3.8) is 0 Å². The van der Waals surface area contributed by atoms with Gasteiger partial charge in [0.2, 0.25) is 20.5 Å². The van der Waals surface area contributed by atoms with Crippen molar-refractivity contribution < 1.29 is 56.1 Å². The molecule has 5 heterocycles. The van der Waals surface area contributed by atoms with Crippen LogP contribution in [0.25, 0.3) is 10.2 Å². The summed E-state index contributed by atoms with van der Waals surface area (Å²) in [6.07, 6.45) is 25.3. The molecule has 7 rings (SSSR count). The number of thioether (sulfide) groups is 3. The van der Waals surface area contributed by atoms with Gasteiger partial charge in [-0.2, -0.15) is 13.2 Å². The number of para-hydroxylation sites is 1. The molecular weight excluding hydrogens is 1270 g/mol. The number of benzene rings is 2. The lowest BCUT2D eigenvalue weighted by Crippen LogP contribution is -2.34. The van der Waals surface area contributed by atoms with Crippen LogP contribution < -0.4 is 32.6 Å². The molecule has 0 bridgehead atoms. The van der Waals surface area contributed by atoms with Gasteiger partial charge in [-0.3, -0.25) is 61.3 Å². The molecule has 3 aliphatic heterocycles. The number of pyridine rings is 1. The number of hydrazine groups is 3. The largest absolute Gasteiger partial charge is 0.486 e. The van der Waals surface area contributed by atoms with E-state index in [1.807, 2.05) is 65.0 Å². The Hall–Kier alpha value is -5.95. The molecule has 3 aliphatic rings. The van der Waals surface area contributed by atoms with Gasteiger partial charge in [0.05, 0.1) is 40.7 Å². The van der Waals surface area contributed by atoms with Crippen molar-refractivity contribution >= 4 is 118 Å². The molecule has 0 spiro atoms. The highest BCUT2D eigenvalue weighted by Crippen LogP contribution is 2.46. The minimum atomic E-state index is -4.53. The highest BCUT2D eigenvalue weighted by molar-refractivity contribution is 8.16. The summed E-state index contributed by atoms with van der Waals surface area (Å²) in [6.45, 7) is 15.7. The van der Waals surface area contributed by atoms with Crippen LogP contribution in [0, 0.1) is 13.8 Å². The van der Waals surface area contributed by atoms with Gasteiger partial charge in [0.15, 0.2) is 19.8 Å². The average Bonchev–Trinajstić information content (AvgIpc) is 2.54. The second kappa shape index (κ2) is 38.3. The van der Waals surface area contributed by atoms with Crippen LogP contribution in [0.4, 0.5) is 29.8 Å². The first-order chi connectivity index (χ1) is 43.4. The Balaban J connectivity index is 0.000000248. The number of nitrogens with zero attached hydrogens (tertiary/aromatic N) is 2. The van der Waals surface area contributed by atoms with Crippen molar-refractivity contribution in [3.05, 3.63) is 112 Å². The minimum Gasteiger partial charge on any atom is -0.486 e. The molecule has 4 aromatic rings. The van der Waals surface area contributed by atoms with E-state index < -0.39 is 29.0 Å². The van der Waals surface area contributed by atoms with Gasteiger partial charge in [0.1, 0.15) is 23.1 Å². The summed E-state index contributed by atoms with van der Waals surface area (Å²) in [4.78, 5) is 81.0. The van der Waals surface area contributed by atoms with Gasteiger partial charge in [-0.05, 0) is 95.3 Å². The third-order valence-electron chi connectivity index (χ3n) is 15.2. The molecule has 0 fully saturated rings. The minimum absolute atomic E-state index is 0.00787. The Kier molecular flexibility index (Phi) is 31.9. The molecule has 17 nitrogen and oxygen atoms in total. The van der Waals surface area contributed by atoms with Crippen molar-refractivity contribution in [2.75, 3.05) is 36.1 Å². The molecule has 25 heteroatoms. The highest BCUT2D eigenvalue weighted by atomic mass is 35.5. The number of nitrogens with one attached hydrogen (secondary N) is 6. The van der Waals surface area contributed by atoms with Gasteiger partial charge in [0.25, 0.3) is 17.7 Å². The third kappa shape index (κ3) is 26.2. The Morgan fingerprint density at radius 1 is 0.560 bits per heavy atom. The lowest BCUT2D eigenvalue weighted by atomic mass is 9.99. The normalized spacial score (nSPS) is 18.5. The van der Waals surface area contributed by atoms with Crippen LogP contribution >= 0.6 is 58.2 Å². The molecule has 6 N–H and O–H groups in total. The Morgan fingerprint density at radius 2 is 0.978 bits per heavy atom. The number of anilines is 3. The summed E-state index contributed by atoms with van der Waals surface area (Å²) in [5, 5.41) is 0.496. The number of alkyl halides is 3. The Morgan fingerprint density at radius 3 is 1.41 bits per heavy atom. The zero-order chi connectivity index (χ0) is 66.5. The maximum absolute atomic E-state index is 12.8. The van der Waals surface area contributed by atoms with Crippen LogP contribution in [0.3, 0.4) is 0 Å². The fraction of sp³-hybridized carbons (Fsp3) is 0.545. The standard InChI is InChI=1S/C22H28ClF3N2O3S.C22H29N3O3S2.C22H33N3O3S/c1-3-4-5-6-7-8-11-21(2)18(13-20(30)32-21)31-14-19(29)28-27-17-12-15(22(24,25)26)9-10-16(17)23;1-3-4-5-6-7-10-13-22(2)18(14-20(27)30-22)28-15-19(26)24-25-21-23-16-11-8-9-12-17(16)29-21;1-5-6-7-8-9-10-11-22(4)18(13-20(27)29-22)28-15-19(26)24-25-21-17(3)12-16(2)14-23-21/h9-10,12-13,27H,3-8,11,14H2,1-2H3,(H,28,29);8-9,11-12,14H,3-7,10,13,15H2,1-2H3,(H,23,25)(H,24,26);12-14H,5-11,15H2,1-4H3,(H,23,25)(H,24,26). The number of hydrogen-bond acceptors (Lipinski definition) is 18. The van der Waals surface area contributed by atoms with Crippen molar-refractivity contribution in [1.82, 2.24) is 26.2 Å². The number of fused-ring (bicyclic) bond motifs is 1. The number of ether oxygens (including phenoxy) is 3. The van der Waals surface area contributed by atoms with E-state index in [0.29, 0.717) is 28.2 Å². The summed E-state index contributed by atoms with van der Waals surface area (Å²) in [5.41, 5.74) is 17.4. The van der Waals surface area contributed by atoms with E-state index in [2.05, 4.69) is 63.3 Å². The molecule has 3 atom stereocenters. The van der Waals surface area contributed by atoms with Crippen LogP contribution in [0.5, 0.6) is 0 Å². The van der Waals surface area contributed by atoms with Crippen LogP contribution in [-0.4, -0.2) is 77.1 Å². The molecule has 3 amide bonds. The maximum atomic E-state index is 12.8. The number of carbonyl (C=O) groups excluding carboxylic acids is 6. The number of carbonyl (C=O) groups is 6. The quantitative estimate of drug-likeness (QED) is 0.0184. The molecule has 2 aromatic heterocycles. The van der Waals surface area contributed by atoms with E-state index in [-0.39, 0.29) is 60.6 Å². The average molecular weight is 1360 g/mol. The molecule has 0 aliphatic carbocycles. The second-order valence-corrected chi connectivity index (χ2v) is 29.2. The van der Waals surface area contributed by atoms with E-state index in [1.165, 1.54) is 135 Å². The number of hydrogen-bond donors (Lipinski definition) is 6. The van der Waals surface area contributed by atoms with E-state index >= 15 is 0 Å². The van der Waals surface area contributed by atoms with Gasteiger partial charge in [-0.25, -0.2) is 9.97 Å². The predicted molar refractivity (Wildman–Crippen MR) is 364 cm³/mol. The topological polar surface area (TPSA) is 228 Å². The zero-order valence-electron chi connectivity index (χ0n) is 53.6. The summed E-state index contributed by atoms with van der Waals surface area (Å²) < 4.78 is 55.4. The molecule has 3 unspecified atom stereocenters. The number of thiazole rings is 1. The van der Waals surface area contributed by atoms with Crippen LogP contribution in [-0.2, 0) is 49.2 Å². The smallest absolute Gasteiger partial charge is 0.416 e. The summed E-state index contributed by atoms with van der Waals surface area (Å²) >= 11 is 11.1. The van der Waals surface area contributed by atoms with E-state index in [4.69, 9.17) is 25.8 Å². The lowest BCUT2D eigenvalue weighted by molar-refractivity contribution is -0.137. The number of aryl methyl sites for hydroxylation is 2. The molecule has 0 saturated carbocycles. The molecule has 500 valence electrons. The van der Waals surface area contributed by atoms with Gasteiger partial charge in [-0.1, -0.05) is 213 Å². The monoisotopic (exact) mass is 1360 g/mol. The van der Waals surface area contributed by atoms with Gasteiger partial charge in [0, 0.05) is 24.4 Å². The summed E-state index contributed by atoms with van der Waals surface area (Å²) in [7, 11) is 0. The number of halogens is 4. The Bertz CT molecular complexity index is 3130. The summed E-state index contributed by atoms with van der Waals surface area (Å²) in [6, 6.07) is 12.5. The predicted octanol–water partition coefficient (Wildman–Crippen LogP) is 16.7. The Labute approximate surface area is 555 Å². The van der Waals surface area contributed by atoms with E-state index in [1.54, 1.807) is 6.20 Å². The number of unbranched alkanes of at least 4 members (excludes halogenated alkanes) is 15. The van der Waals surface area contributed by atoms with Gasteiger partial charge >= 0.3 is 6.18 Å². The molecule has 0 radical (unpaired) electrons. The lowest BCUT2D eigenvalue weighted by Gasteiger charge is -2.26. The van der Waals surface area contributed by atoms with Crippen LogP contribution in [0.1, 0.15) is 193 Å². The van der Waals surface area contributed by atoms with Gasteiger partial charge < -0.3 is 14.2 Å². The fourth-order valence-corrected chi connectivity index (χ4v) is 14.2. The van der Waals surface area contributed by atoms with Crippen LogP contribution in [0.2, 0.25) is 5.02 Å². The van der Waals surface area contributed by atoms with Crippen molar-refractivity contribution in [3.8, 4) is 0 Å². The molecule has 91 heavy (non-hydrogen) atoms. The van der Waals surface area contributed by atoms with Crippen molar-refractivity contribution in [2.45, 2.75) is 211 Å². The first kappa shape index (κ1) is 75.8. The number of rotatable bonds is 36. The van der Waals surface area contributed by atoms with Crippen molar-refractivity contribution in [1.29, 1.82) is 0 Å². The van der Waals surface area contributed by atoms with E-state index in [9.17, 15) is 41.9 Å². The summed E-state index contributed by atoms with van der Waals surface area (Å²) in [5.74, 6) is 0.976. The maximum Gasteiger partial charge on any atom is 0.416 e. The van der Waals surface area contributed by atoms with Crippen molar-refractivity contribution in [2.24, 2.45) is 0 Å². The zero-order valence-corrected chi connectivity index (χ0v) is 57.6. The van der Waals surface area contributed by atoms with Crippen LogP contribution in [0.15, 0.2) is 90.2 Å². The third-order valence-corrected chi connectivity index (χ3v) is 20.0. The number of amides is 3. The fourth-order valence-electron chi connectivity index (χ4n) is 10.0. The first-order valence-electron chi connectivity index (χ1n) is 31.4. The molecule has 2 aromatic carbocycles. The number of aromatic nitrogens is 2. The van der Waals surface area contributed by atoms with Gasteiger partial charge in [-0.15, -0.1) is 0 Å². The SMILES string of the molecule is CCCCCCCCC1(C)SC(=O)C=C1OCC(=O)NNc1cc(C(F)(F)F)ccc1Cl.CCCCCCCCC1(C)SC(=O)C=C1OCC(=O)NNc1nc2ccccc2s1.CCCCCCCCC1(C)SC(=O)C=C1OCC(=O)NNc1ncc(C)cc1C. The van der Waals surface area contributed by atoms with E-state index in [0.717, 1.165) is 104 Å². The molecular formula is C66H90ClF3N8O9S4. The highest BCUT2D eigenvalue weighted by Gasteiger charge is 2.42. The second-order valence-electron chi connectivity index (χ2n) is 23.3.